The van der Waals surface area contributed by atoms with E-state index in [1.807, 2.05) is 4.90 Å². The summed E-state index contributed by atoms with van der Waals surface area (Å²) in [5, 5.41) is 6.74. The van der Waals surface area contributed by atoms with E-state index in [-0.39, 0.29) is 24.5 Å². The van der Waals surface area contributed by atoms with Crippen molar-refractivity contribution in [2.24, 2.45) is 10.9 Å². The maximum Gasteiger partial charge on any atom is 0.433 e. The molecule has 0 aromatic carbocycles. The molecule has 4 rings (SSSR count). The van der Waals surface area contributed by atoms with E-state index in [9.17, 15) is 18.0 Å². The first-order valence-corrected chi connectivity index (χ1v) is 11.7. The molecule has 1 saturated carbocycles. The first-order chi connectivity index (χ1) is 16.1. The summed E-state index contributed by atoms with van der Waals surface area (Å²) in [5.74, 6) is 1.25. The van der Waals surface area contributed by atoms with Crippen molar-refractivity contribution in [3.63, 3.8) is 0 Å². The number of hydrogen-bond acceptors (Lipinski definition) is 6. The van der Waals surface area contributed by atoms with Gasteiger partial charge >= 0.3 is 6.18 Å². The second kappa shape index (κ2) is 9.31. The van der Waals surface area contributed by atoms with Crippen LogP contribution < -0.4 is 10.6 Å². The number of rotatable bonds is 6. The maximum absolute atomic E-state index is 13.4. The van der Waals surface area contributed by atoms with Gasteiger partial charge in [0.15, 0.2) is 0 Å². The number of carbonyl (C=O) groups excluding carboxylic acids is 1. The molecule has 1 atom stereocenters. The summed E-state index contributed by atoms with van der Waals surface area (Å²) in [7, 11) is 1.70. The van der Waals surface area contributed by atoms with Crippen molar-refractivity contribution in [1.82, 2.24) is 25.4 Å². The molecule has 1 aliphatic carbocycles. The van der Waals surface area contributed by atoms with E-state index in [1.165, 1.54) is 12.3 Å². The molecule has 0 radical (unpaired) electrons. The van der Waals surface area contributed by atoms with E-state index in [4.69, 9.17) is 4.99 Å². The summed E-state index contributed by atoms with van der Waals surface area (Å²) >= 11 is 0. The third-order valence-corrected chi connectivity index (χ3v) is 6.63. The Kier molecular flexibility index (Phi) is 6.60. The summed E-state index contributed by atoms with van der Waals surface area (Å²) in [5.41, 5.74) is 0.642. The summed E-state index contributed by atoms with van der Waals surface area (Å²) in [6, 6.07) is 2.64. The quantitative estimate of drug-likeness (QED) is 0.614. The zero-order valence-electron chi connectivity index (χ0n) is 19.7. The lowest BCUT2D eigenvalue weighted by Gasteiger charge is -2.36. The molecule has 1 unspecified atom stereocenters. The van der Waals surface area contributed by atoms with Gasteiger partial charge in [0.25, 0.3) is 5.91 Å². The third kappa shape index (κ3) is 4.76. The van der Waals surface area contributed by atoms with Crippen LogP contribution >= 0.6 is 0 Å². The Morgan fingerprint density at radius 3 is 2.56 bits per heavy atom. The molecular weight excluding hydrogens is 445 g/mol. The fraction of sp³-hybridized carbons (Fsp3) is 0.542. The van der Waals surface area contributed by atoms with Crippen LogP contribution in [0.3, 0.4) is 0 Å². The molecule has 1 amide bonds. The van der Waals surface area contributed by atoms with Gasteiger partial charge in [-0.25, -0.2) is 4.99 Å². The van der Waals surface area contributed by atoms with Gasteiger partial charge in [-0.1, -0.05) is 39.3 Å². The number of nitrogens with zero attached hydrogens (tertiary/aromatic N) is 4. The Labute approximate surface area is 197 Å². The van der Waals surface area contributed by atoms with E-state index in [0.717, 1.165) is 31.7 Å². The highest BCUT2D eigenvalue weighted by Gasteiger charge is 2.42. The van der Waals surface area contributed by atoms with E-state index < -0.39 is 11.9 Å². The van der Waals surface area contributed by atoms with Crippen LogP contribution in [0.1, 0.15) is 50.8 Å². The molecule has 1 aromatic heterocycles. The number of fused-ring (bicyclic) bond motifs is 1. The molecule has 10 heteroatoms. The average Bonchev–Trinajstić information content (AvgIpc) is 3.46. The van der Waals surface area contributed by atoms with Gasteiger partial charge in [-0.2, -0.15) is 13.2 Å². The third-order valence-electron chi connectivity index (χ3n) is 6.63. The number of aromatic nitrogens is 1. The van der Waals surface area contributed by atoms with Crippen LogP contribution in [0.4, 0.5) is 13.2 Å². The second-order valence-electron chi connectivity index (χ2n) is 9.44. The summed E-state index contributed by atoms with van der Waals surface area (Å²) in [6.07, 6.45) is 0.914. The largest absolute Gasteiger partial charge is 0.433 e. The van der Waals surface area contributed by atoms with E-state index in [2.05, 4.69) is 36.0 Å². The van der Waals surface area contributed by atoms with Gasteiger partial charge in [0, 0.05) is 32.4 Å². The van der Waals surface area contributed by atoms with E-state index in [0.29, 0.717) is 41.1 Å². The van der Waals surface area contributed by atoms with Gasteiger partial charge in [-0.05, 0) is 30.4 Å². The number of pyridine rings is 1. The van der Waals surface area contributed by atoms with Gasteiger partial charge in [0.1, 0.15) is 17.1 Å². The summed E-state index contributed by atoms with van der Waals surface area (Å²) in [4.78, 5) is 25.2. The highest BCUT2D eigenvalue weighted by atomic mass is 19.4. The molecule has 184 valence electrons. The number of guanidine groups is 1. The van der Waals surface area contributed by atoms with Gasteiger partial charge in [0.05, 0.1) is 11.7 Å². The molecule has 0 bridgehead atoms. The van der Waals surface area contributed by atoms with Crippen LogP contribution in [0.25, 0.3) is 0 Å². The first-order valence-electron chi connectivity index (χ1n) is 11.7. The van der Waals surface area contributed by atoms with Crippen molar-refractivity contribution < 1.29 is 18.0 Å². The number of likely N-dealkylation sites (N-methyl/N-ethyl adjacent to an activating group) is 1. The zero-order chi connectivity index (χ0) is 24.6. The molecular formula is C24H31F3N6O. The standard InChI is InChI=1S/C24H31F3N6O/c1-14(2)18-13-33-15(3)20(22(34)32(4)23(33)31-18)21(30-17-7-5-6-8-17)29-12-16-9-10-19(28-11-16)24(25,26)27/h9-11,14,17-18,29-30H,3,5-8,12-13H2,1-2,4H3/b21-20-. The molecule has 7 nitrogen and oxygen atoms in total. The topological polar surface area (TPSA) is 72.9 Å². The summed E-state index contributed by atoms with van der Waals surface area (Å²) < 4.78 is 38.5. The lowest BCUT2D eigenvalue weighted by molar-refractivity contribution is -0.141. The lowest BCUT2D eigenvalue weighted by Crippen LogP contribution is -2.51. The Bertz CT molecular complexity index is 1010. The number of amides is 1. The van der Waals surface area contributed by atoms with Gasteiger partial charge < -0.3 is 15.5 Å². The molecule has 0 spiro atoms. The summed E-state index contributed by atoms with van der Waals surface area (Å²) in [6.45, 7) is 9.28. The monoisotopic (exact) mass is 476 g/mol. The number of halogens is 3. The van der Waals surface area contributed by atoms with Crippen molar-refractivity contribution in [2.45, 2.75) is 64.3 Å². The van der Waals surface area contributed by atoms with Crippen molar-refractivity contribution >= 4 is 11.9 Å². The zero-order valence-corrected chi connectivity index (χ0v) is 19.7. The molecule has 34 heavy (non-hydrogen) atoms. The minimum Gasteiger partial charge on any atom is -0.368 e. The first kappa shape index (κ1) is 24.1. The molecule has 1 aromatic rings. The second-order valence-corrected chi connectivity index (χ2v) is 9.44. The number of alkyl halides is 3. The maximum atomic E-state index is 13.4. The van der Waals surface area contributed by atoms with Crippen molar-refractivity contribution in [2.75, 3.05) is 13.6 Å². The van der Waals surface area contributed by atoms with Gasteiger partial charge in [-0.3, -0.25) is 14.7 Å². The molecule has 2 N–H and O–H groups in total. The molecule has 3 aliphatic rings. The Morgan fingerprint density at radius 2 is 1.97 bits per heavy atom. The Morgan fingerprint density at radius 1 is 1.26 bits per heavy atom. The van der Waals surface area contributed by atoms with Gasteiger partial charge in [-0.15, -0.1) is 0 Å². The lowest BCUT2D eigenvalue weighted by atomic mass is 10.0. The molecule has 1 saturated heterocycles. The Hall–Kier alpha value is -3.04. The molecule has 2 fully saturated rings. The molecule has 2 aliphatic heterocycles. The normalized spacial score (nSPS) is 22.9. The van der Waals surface area contributed by atoms with Crippen LogP contribution in [0.2, 0.25) is 0 Å². The average molecular weight is 477 g/mol. The van der Waals surface area contributed by atoms with Crippen LogP contribution in [0.5, 0.6) is 0 Å². The van der Waals surface area contributed by atoms with Crippen LogP contribution in [-0.2, 0) is 17.5 Å². The fourth-order valence-electron chi connectivity index (χ4n) is 4.53. The number of aliphatic imine (C=N–C) groups is 1. The van der Waals surface area contributed by atoms with E-state index in [1.54, 1.807) is 11.9 Å². The SMILES string of the molecule is C=C1/C(=C(\NCc2ccc(C(F)(F)F)nc2)NC2CCCC2)C(=O)N(C)C2=NC(C(C)C)CN12. The number of carbonyl (C=O) groups is 1. The van der Waals surface area contributed by atoms with Crippen LogP contribution in [0.15, 0.2) is 47.0 Å². The van der Waals surface area contributed by atoms with Crippen molar-refractivity contribution in [1.29, 1.82) is 0 Å². The van der Waals surface area contributed by atoms with Gasteiger partial charge in [0.2, 0.25) is 5.96 Å². The minimum absolute atomic E-state index is 0.0683. The Balaban J connectivity index is 1.62. The van der Waals surface area contributed by atoms with Crippen LogP contribution in [-0.4, -0.2) is 52.3 Å². The molecule has 3 heterocycles. The van der Waals surface area contributed by atoms with Crippen molar-refractivity contribution in [3.8, 4) is 0 Å². The highest BCUT2D eigenvalue weighted by molar-refractivity contribution is 6.12. The fourth-order valence-corrected chi connectivity index (χ4v) is 4.53. The van der Waals surface area contributed by atoms with Crippen LogP contribution in [0, 0.1) is 5.92 Å². The predicted molar refractivity (Wildman–Crippen MR) is 123 cm³/mol. The smallest absolute Gasteiger partial charge is 0.368 e. The number of hydrogen-bond donors (Lipinski definition) is 2. The van der Waals surface area contributed by atoms with Crippen molar-refractivity contribution in [3.05, 3.63) is 53.3 Å². The minimum atomic E-state index is -4.48. The van der Waals surface area contributed by atoms with E-state index >= 15 is 0 Å². The number of nitrogens with one attached hydrogen (secondary N) is 2. The predicted octanol–water partition coefficient (Wildman–Crippen LogP) is 3.62. The highest BCUT2D eigenvalue weighted by Crippen LogP contribution is 2.32.